The van der Waals surface area contributed by atoms with Crippen LogP contribution in [0.1, 0.15) is 18.4 Å². The molecule has 14 heavy (non-hydrogen) atoms. The number of rotatable bonds is 4. The Labute approximate surface area is 86.0 Å². The van der Waals surface area contributed by atoms with Gasteiger partial charge in [-0.25, -0.2) is 0 Å². The summed E-state index contributed by atoms with van der Waals surface area (Å²) in [6, 6.07) is 0. The predicted octanol–water partition coefficient (Wildman–Crippen LogP) is 0.713. The van der Waals surface area contributed by atoms with Gasteiger partial charge in [-0.15, -0.1) is 10.2 Å². The maximum Gasteiger partial charge on any atom is 0.234 e. The van der Waals surface area contributed by atoms with E-state index in [-0.39, 0.29) is 0 Å². The van der Waals surface area contributed by atoms with Crippen LogP contribution in [-0.4, -0.2) is 26.4 Å². The van der Waals surface area contributed by atoms with Crippen LogP contribution in [0.4, 0.5) is 0 Å². The predicted molar refractivity (Wildman–Crippen MR) is 55.2 cm³/mol. The molecule has 0 saturated carbocycles. The van der Waals surface area contributed by atoms with Gasteiger partial charge >= 0.3 is 0 Å². The molecule has 2 aromatic rings. The van der Waals surface area contributed by atoms with Crippen molar-refractivity contribution in [3.63, 3.8) is 0 Å². The van der Waals surface area contributed by atoms with E-state index in [1.54, 1.807) is 22.2 Å². The van der Waals surface area contributed by atoms with Crippen molar-refractivity contribution >= 4 is 16.3 Å². The van der Waals surface area contributed by atoms with Crippen LogP contribution in [0.2, 0.25) is 0 Å². The Kier molecular flexibility index (Phi) is 2.74. The molecular weight excluding hydrogens is 198 g/mol. The molecule has 0 aliphatic rings. The maximum atomic E-state index is 5.64. The van der Waals surface area contributed by atoms with Crippen LogP contribution in [0.25, 0.3) is 4.96 Å². The zero-order valence-electron chi connectivity index (χ0n) is 8.05. The van der Waals surface area contributed by atoms with Crippen LogP contribution in [0.3, 0.4) is 0 Å². The first-order chi connectivity index (χ1) is 6.83. The molecule has 2 heterocycles. The summed E-state index contributed by atoms with van der Waals surface area (Å²) in [6.07, 6.45) is 3.66. The molecule has 5 nitrogen and oxygen atoms in total. The van der Waals surface area contributed by atoms with Gasteiger partial charge in [-0.05, 0) is 12.5 Å². The molecule has 1 unspecified atom stereocenters. The molecule has 0 radical (unpaired) electrons. The highest BCUT2D eigenvalue weighted by Gasteiger charge is 2.10. The first-order valence-corrected chi connectivity index (χ1v) is 5.51. The lowest BCUT2D eigenvalue weighted by Gasteiger charge is -2.08. The van der Waals surface area contributed by atoms with Gasteiger partial charge in [-0.1, -0.05) is 24.7 Å². The summed E-state index contributed by atoms with van der Waals surface area (Å²) in [6.45, 7) is 2.87. The van der Waals surface area contributed by atoms with E-state index < -0.39 is 0 Å². The number of hydrogen-bond acceptors (Lipinski definition) is 5. The largest absolute Gasteiger partial charge is 0.330 e. The van der Waals surface area contributed by atoms with Gasteiger partial charge in [-0.3, -0.25) is 0 Å². The molecule has 2 aromatic heterocycles. The van der Waals surface area contributed by atoms with E-state index in [1.807, 2.05) is 0 Å². The maximum absolute atomic E-state index is 5.64. The minimum Gasteiger partial charge on any atom is -0.330 e. The fraction of sp³-hybridized carbons (Fsp3) is 0.625. The van der Waals surface area contributed by atoms with E-state index in [0.29, 0.717) is 5.92 Å². The minimum absolute atomic E-state index is 0.527. The van der Waals surface area contributed by atoms with Gasteiger partial charge in [0.05, 0.1) is 0 Å². The summed E-state index contributed by atoms with van der Waals surface area (Å²) in [5.41, 5.74) is 5.64. The lowest BCUT2D eigenvalue weighted by molar-refractivity contribution is 0.514. The fourth-order valence-corrected chi connectivity index (χ4v) is 2.25. The zero-order chi connectivity index (χ0) is 9.97. The topological polar surface area (TPSA) is 69.1 Å². The highest BCUT2D eigenvalue weighted by Crippen LogP contribution is 2.16. The van der Waals surface area contributed by atoms with E-state index >= 15 is 0 Å². The van der Waals surface area contributed by atoms with E-state index in [0.717, 1.165) is 29.4 Å². The third-order valence-electron chi connectivity index (χ3n) is 2.30. The van der Waals surface area contributed by atoms with Crippen LogP contribution in [0, 0.1) is 5.92 Å². The van der Waals surface area contributed by atoms with Crippen molar-refractivity contribution in [3.05, 3.63) is 11.3 Å². The van der Waals surface area contributed by atoms with E-state index in [2.05, 4.69) is 22.2 Å². The lowest BCUT2D eigenvalue weighted by atomic mass is 10.0. The summed E-state index contributed by atoms with van der Waals surface area (Å²) in [4.78, 5) is 0.854. The van der Waals surface area contributed by atoms with E-state index in [4.69, 9.17) is 5.73 Å². The van der Waals surface area contributed by atoms with Crippen molar-refractivity contribution in [3.8, 4) is 0 Å². The van der Waals surface area contributed by atoms with Crippen molar-refractivity contribution in [2.24, 2.45) is 11.7 Å². The van der Waals surface area contributed by atoms with Gasteiger partial charge in [0.25, 0.3) is 0 Å². The molecule has 0 aliphatic heterocycles. The fourth-order valence-electron chi connectivity index (χ4n) is 1.32. The van der Waals surface area contributed by atoms with Gasteiger partial charge in [0, 0.05) is 6.42 Å². The van der Waals surface area contributed by atoms with Crippen LogP contribution >= 0.6 is 11.3 Å². The van der Waals surface area contributed by atoms with Gasteiger partial charge in [-0.2, -0.15) is 9.61 Å². The normalized spacial score (nSPS) is 13.6. The van der Waals surface area contributed by atoms with Crippen LogP contribution in [0.15, 0.2) is 6.33 Å². The molecule has 76 valence electrons. The standard InChI is InChI=1S/C8H13N5S/c1-2-6(4-9)3-7-12-13-5-10-11-8(13)14-7/h5-6H,2-4,9H2,1H3. The monoisotopic (exact) mass is 211 g/mol. The van der Waals surface area contributed by atoms with Crippen LogP contribution < -0.4 is 5.73 Å². The molecule has 0 bridgehead atoms. The van der Waals surface area contributed by atoms with Gasteiger partial charge in [0.1, 0.15) is 11.3 Å². The van der Waals surface area contributed by atoms with Crippen molar-refractivity contribution in [1.29, 1.82) is 0 Å². The molecule has 0 aliphatic carbocycles. The first-order valence-electron chi connectivity index (χ1n) is 4.69. The average molecular weight is 211 g/mol. The Balaban J connectivity index is 2.14. The van der Waals surface area contributed by atoms with Crippen LogP contribution in [0.5, 0.6) is 0 Å². The molecular formula is C8H13N5S. The number of nitrogens with two attached hydrogens (primary N) is 1. The number of fused-ring (bicyclic) bond motifs is 1. The highest BCUT2D eigenvalue weighted by molar-refractivity contribution is 7.16. The second-order valence-corrected chi connectivity index (χ2v) is 4.31. The van der Waals surface area contributed by atoms with Gasteiger partial charge < -0.3 is 5.73 Å². The Morgan fingerprint density at radius 1 is 1.64 bits per heavy atom. The molecule has 0 spiro atoms. The highest BCUT2D eigenvalue weighted by atomic mass is 32.1. The van der Waals surface area contributed by atoms with Gasteiger partial charge in [0.2, 0.25) is 4.96 Å². The molecule has 0 aromatic carbocycles. The first kappa shape index (κ1) is 9.54. The van der Waals surface area contributed by atoms with E-state index in [9.17, 15) is 0 Å². The van der Waals surface area contributed by atoms with Gasteiger partial charge in [0.15, 0.2) is 0 Å². The second kappa shape index (κ2) is 4.02. The Hall–Kier alpha value is -1.01. The summed E-state index contributed by atoms with van der Waals surface area (Å²) in [5, 5.41) is 13.1. The summed E-state index contributed by atoms with van der Waals surface area (Å²) in [7, 11) is 0. The average Bonchev–Trinajstić information content (AvgIpc) is 2.73. The van der Waals surface area contributed by atoms with Crippen molar-refractivity contribution < 1.29 is 0 Å². The minimum atomic E-state index is 0.527. The molecule has 0 fully saturated rings. The zero-order valence-corrected chi connectivity index (χ0v) is 8.87. The summed E-state index contributed by atoms with van der Waals surface area (Å²) < 4.78 is 1.71. The number of nitrogens with zero attached hydrogens (tertiary/aromatic N) is 4. The Morgan fingerprint density at radius 2 is 2.50 bits per heavy atom. The van der Waals surface area contributed by atoms with E-state index in [1.165, 1.54) is 0 Å². The van der Waals surface area contributed by atoms with Crippen molar-refractivity contribution in [1.82, 2.24) is 19.8 Å². The Bertz CT molecular complexity index is 374. The Morgan fingerprint density at radius 3 is 3.14 bits per heavy atom. The number of hydrogen-bond donors (Lipinski definition) is 1. The number of aromatic nitrogens is 4. The third-order valence-corrected chi connectivity index (χ3v) is 3.24. The van der Waals surface area contributed by atoms with Crippen molar-refractivity contribution in [2.45, 2.75) is 19.8 Å². The van der Waals surface area contributed by atoms with Crippen molar-refractivity contribution in [2.75, 3.05) is 6.54 Å². The molecule has 1 atom stereocenters. The summed E-state index contributed by atoms with van der Waals surface area (Å²) >= 11 is 1.59. The quantitative estimate of drug-likeness (QED) is 0.808. The lowest BCUT2D eigenvalue weighted by Crippen LogP contribution is -2.15. The SMILES string of the molecule is CCC(CN)Cc1nn2cnnc2s1. The smallest absolute Gasteiger partial charge is 0.234 e. The molecule has 2 rings (SSSR count). The molecule has 2 N–H and O–H groups in total. The molecule has 0 saturated heterocycles. The molecule has 0 amide bonds. The second-order valence-electron chi connectivity index (χ2n) is 3.27. The summed E-state index contributed by atoms with van der Waals surface area (Å²) in [5.74, 6) is 0.527. The third kappa shape index (κ3) is 1.76. The van der Waals surface area contributed by atoms with Crippen LogP contribution in [-0.2, 0) is 6.42 Å². The molecule has 6 heteroatoms.